The maximum absolute atomic E-state index is 11.6. The highest BCUT2D eigenvalue weighted by molar-refractivity contribution is 5.97. The molecule has 1 saturated heterocycles. The van der Waals surface area contributed by atoms with E-state index in [0.29, 0.717) is 35.6 Å². The molecule has 2 heterocycles. The van der Waals surface area contributed by atoms with Gasteiger partial charge in [-0.3, -0.25) is 14.6 Å². The molecule has 0 spiro atoms. The maximum Gasteiger partial charge on any atom is 0.331 e. The molecule has 0 radical (unpaired) electrons. The number of carboxylic acid groups (broad SMARTS) is 2. The number of methoxy groups -OCH3 is 2. The number of amides is 1. The standard InChI is InChI=1S/C17H18O6.C16H16N2O/c1-17(16(20)21)8-10(7-11(9-17)15(18)19)14-12(22-2)5-4-6-13(14)23-3;19-16-7-3-9-18(16)12-13-4-1-5-14(10-13)15-6-2-8-17-11-15/h4-8H,9H2,1-3H3,(H,18,19)(H,20,21);1-2,4-6,8,10-11H,3,7,9,12H2. The fourth-order valence-electron chi connectivity index (χ4n) is 5.10. The molecular formula is C33H34N2O7. The number of hydrogen-bond acceptors (Lipinski definition) is 6. The Morgan fingerprint density at radius 3 is 2.26 bits per heavy atom. The van der Waals surface area contributed by atoms with E-state index in [1.165, 1.54) is 32.8 Å². The lowest BCUT2D eigenvalue weighted by Gasteiger charge is -2.27. The molecule has 1 aliphatic carbocycles. The highest BCUT2D eigenvalue weighted by Crippen LogP contribution is 2.43. The molecule has 2 aliphatic rings. The van der Waals surface area contributed by atoms with Gasteiger partial charge in [-0.15, -0.1) is 0 Å². The number of rotatable bonds is 8. The molecule has 1 aliphatic heterocycles. The van der Waals surface area contributed by atoms with Gasteiger partial charge in [0.2, 0.25) is 5.91 Å². The van der Waals surface area contributed by atoms with Crippen LogP contribution in [0.2, 0.25) is 0 Å². The molecule has 2 aromatic carbocycles. The number of allylic oxidation sites excluding steroid dienone is 2. The van der Waals surface area contributed by atoms with Crippen LogP contribution in [-0.2, 0) is 20.9 Å². The molecule has 218 valence electrons. The molecule has 3 aromatic rings. The summed E-state index contributed by atoms with van der Waals surface area (Å²) in [6.07, 6.45) is 8.24. The van der Waals surface area contributed by atoms with Gasteiger partial charge in [0.15, 0.2) is 0 Å². The second-order valence-electron chi connectivity index (χ2n) is 10.4. The lowest BCUT2D eigenvalue weighted by Crippen LogP contribution is -2.29. The number of aliphatic carboxylic acids is 2. The van der Waals surface area contributed by atoms with E-state index in [2.05, 4.69) is 23.2 Å². The van der Waals surface area contributed by atoms with Crippen molar-refractivity contribution in [3.63, 3.8) is 0 Å². The van der Waals surface area contributed by atoms with Crippen molar-refractivity contribution in [1.29, 1.82) is 0 Å². The summed E-state index contributed by atoms with van der Waals surface area (Å²) in [6, 6.07) is 17.5. The third kappa shape index (κ3) is 6.86. The lowest BCUT2D eigenvalue weighted by atomic mass is 9.76. The SMILES string of the molecule is COc1cccc(OC)c1C1=CC(C)(C(=O)O)CC(C(=O)O)=C1.O=C1CCCN1Cc1cccc(-c2cccnc2)c1. The van der Waals surface area contributed by atoms with E-state index in [1.807, 2.05) is 29.3 Å². The van der Waals surface area contributed by atoms with Gasteiger partial charge in [-0.25, -0.2) is 4.79 Å². The van der Waals surface area contributed by atoms with Gasteiger partial charge in [0.25, 0.3) is 0 Å². The fourth-order valence-corrected chi connectivity index (χ4v) is 5.10. The minimum Gasteiger partial charge on any atom is -0.496 e. The molecule has 1 amide bonds. The number of hydrogen-bond donors (Lipinski definition) is 2. The monoisotopic (exact) mass is 570 g/mol. The first-order chi connectivity index (χ1) is 20.1. The van der Waals surface area contributed by atoms with E-state index < -0.39 is 17.4 Å². The predicted octanol–water partition coefficient (Wildman–Crippen LogP) is 5.46. The van der Waals surface area contributed by atoms with Gasteiger partial charge < -0.3 is 24.6 Å². The first-order valence-electron chi connectivity index (χ1n) is 13.5. The highest BCUT2D eigenvalue weighted by Gasteiger charge is 2.37. The van der Waals surface area contributed by atoms with Crippen LogP contribution >= 0.6 is 0 Å². The van der Waals surface area contributed by atoms with Crippen LogP contribution in [0, 0.1) is 5.41 Å². The van der Waals surface area contributed by atoms with E-state index in [-0.39, 0.29) is 17.9 Å². The van der Waals surface area contributed by atoms with Gasteiger partial charge in [-0.2, -0.15) is 0 Å². The molecule has 0 bridgehead atoms. The van der Waals surface area contributed by atoms with Crippen LogP contribution in [0.3, 0.4) is 0 Å². The summed E-state index contributed by atoms with van der Waals surface area (Å²) in [5.74, 6) is -1.00. The molecule has 1 fully saturated rings. The van der Waals surface area contributed by atoms with E-state index in [4.69, 9.17) is 9.47 Å². The van der Waals surface area contributed by atoms with Crippen molar-refractivity contribution in [1.82, 2.24) is 9.88 Å². The number of nitrogens with zero attached hydrogens (tertiary/aromatic N) is 2. The lowest BCUT2D eigenvalue weighted by molar-refractivity contribution is -0.145. The van der Waals surface area contributed by atoms with Crippen molar-refractivity contribution in [2.45, 2.75) is 32.7 Å². The van der Waals surface area contributed by atoms with E-state index in [0.717, 1.165) is 24.1 Å². The van der Waals surface area contributed by atoms with Gasteiger partial charge in [-0.1, -0.05) is 36.4 Å². The number of pyridine rings is 1. The Kier molecular flexibility index (Phi) is 9.42. The summed E-state index contributed by atoms with van der Waals surface area (Å²) in [5.41, 5.74) is 3.13. The summed E-state index contributed by atoms with van der Waals surface area (Å²) < 4.78 is 10.6. The first-order valence-corrected chi connectivity index (χ1v) is 13.5. The Morgan fingerprint density at radius 2 is 1.69 bits per heavy atom. The van der Waals surface area contributed by atoms with Crippen LogP contribution in [-0.4, -0.2) is 58.7 Å². The zero-order valence-electron chi connectivity index (χ0n) is 23.9. The van der Waals surface area contributed by atoms with E-state index in [1.54, 1.807) is 30.5 Å². The Labute approximate surface area is 244 Å². The average Bonchev–Trinajstić information content (AvgIpc) is 3.40. The van der Waals surface area contributed by atoms with Gasteiger partial charge in [0, 0.05) is 37.5 Å². The number of carbonyl (C=O) groups is 3. The normalized spacial score (nSPS) is 17.9. The van der Waals surface area contributed by atoms with Crippen LogP contribution in [0.4, 0.5) is 0 Å². The summed E-state index contributed by atoms with van der Waals surface area (Å²) >= 11 is 0. The summed E-state index contributed by atoms with van der Waals surface area (Å²) in [4.78, 5) is 40.7. The maximum atomic E-state index is 11.6. The predicted molar refractivity (Wildman–Crippen MR) is 158 cm³/mol. The van der Waals surface area contributed by atoms with Crippen LogP contribution in [0.15, 0.2) is 84.7 Å². The number of carbonyl (C=O) groups excluding carboxylic acids is 1. The minimum absolute atomic E-state index is 0.0281. The van der Waals surface area contributed by atoms with Crippen molar-refractivity contribution >= 4 is 23.4 Å². The van der Waals surface area contributed by atoms with Gasteiger partial charge >= 0.3 is 11.9 Å². The zero-order valence-corrected chi connectivity index (χ0v) is 23.9. The van der Waals surface area contributed by atoms with Gasteiger partial charge in [0.1, 0.15) is 11.5 Å². The molecule has 9 heteroatoms. The van der Waals surface area contributed by atoms with Gasteiger partial charge in [-0.05, 0) is 72.4 Å². The average molecular weight is 571 g/mol. The Balaban J connectivity index is 0.000000196. The smallest absolute Gasteiger partial charge is 0.331 e. The molecule has 1 unspecified atom stereocenters. The van der Waals surface area contributed by atoms with Crippen LogP contribution in [0.5, 0.6) is 11.5 Å². The third-order valence-electron chi connectivity index (χ3n) is 7.31. The van der Waals surface area contributed by atoms with Crippen molar-refractivity contribution < 1.29 is 34.1 Å². The Hall–Kier alpha value is -4.92. The first kappa shape index (κ1) is 30.0. The molecule has 42 heavy (non-hydrogen) atoms. The Morgan fingerprint density at radius 1 is 1.00 bits per heavy atom. The molecular weight excluding hydrogens is 536 g/mol. The highest BCUT2D eigenvalue weighted by atomic mass is 16.5. The second-order valence-corrected chi connectivity index (χ2v) is 10.4. The number of ether oxygens (including phenoxy) is 2. The Bertz CT molecular complexity index is 1510. The fraction of sp³-hybridized carbons (Fsp3) is 0.273. The minimum atomic E-state index is -1.32. The van der Waals surface area contributed by atoms with Gasteiger partial charge in [0.05, 0.1) is 25.2 Å². The summed E-state index contributed by atoms with van der Waals surface area (Å²) in [6.45, 7) is 3.09. The topological polar surface area (TPSA) is 126 Å². The summed E-state index contributed by atoms with van der Waals surface area (Å²) in [5, 5.41) is 18.8. The van der Waals surface area contributed by atoms with Crippen LogP contribution < -0.4 is 9.47 Å². The van der Waals surface area contributed by atoms with E-state index in [9.17, 15) is 24.6 Å². The molecule has 0 saturated carbocycles. The number of benzene rings is 2. The largest absolute Gasteiger partial charge is 0.496 e. The van der Waals surface area contributed by atoms with Crippen molar-refractivity contribution in [2.24, 2.45) is 5.41 Å². The molecule has 5 rings (SSSR count). The molecule has 2 N–H and O–H groups in total. The molecule has 1 atom stereocenters. The van der Waals surface area contributed by atoms with Crippen molar-refractivity contribution in [3.8, 4) is 22.6 Å². The van der Waals surface area contributed by atoms with Crippen LogP contribution in [0.25, 0.3) is 16.7 Å². The summed E-state index contributed by atoms with van der Waals surface area (Å²) in [7, 11) is 2.97. The van der Waals surface area contributed by atoms with E-state index >= 15 is 0 Å². The number of aromatic nitrogens is 1. The zero-order chi connectivity index (χ0) is 30.3. The quantitative estimate of drug-likeness (QED) is 0.366. The third-order valence-corrected chi connectivity index (χ3v) is 7.31. The molecule has 1 aromatic heterocycles. The van der Waals surface area contributed by atoms with Crippen LogP contribution in [0.1, 0.15) is 37.3 Å². The van der Waals surface area contributed by atoms with Crippen molar-refractivity contribution in [2.75, 3.05) is 20.8 Å². The second kappa shape index (κ2) is 13.2. The van der Waals surface area contributed by atoms with Crippen molar-refractivity contribution in [3.05, 3.63) is 95.8 Å². The number of likely N-dealkylation sites (tertiary alicyclic amines) is 1. The molecule has 9 nitrogen and oxygen atoms in total. The number of carboxylic acids is 2.